The lowest BCUT2D eigenvalue weighted by Gasteiger charge is -2.24. The van der Waals surface area contributed by atoms with Crippen LogP contribution < -0.4 is 10.6 Å². The fourth-order valence-electron chi connectivity index (χ4n) is 2.77. The van der Waals surface area contributed by atoms with Crippen LogP contribution in [0.4, 0.5) is 0 Å². The van der Waals surface area contributed by atoms with Gasteiger partial charge in [-0.05, 0) is 13.5 Å². The van der Waals surface area contributed by atoms with Gasteiger partial charge in [-0.3, -0.25) is 14.4 Å². The second kappa shape index (κ2) is 6.51. The van der Waals surface area contributed by atoms with Crippen LogP contribution in [0.3, 0.4) is 0 Å². The van der Waals surface area contributed by atoms with Gasteiger partial charge in [-0.1, -0.05) is 0 Å². The lowest BCUT2D eigenvalue weighted by Crippen LogP contribution is -2.44. The van der Waals surface area contributed by atoms with E-state index in [0.29, 0.717) is 0 Å². The molecule has 4 atom stereocenters. The molecule has 0 bridgehead atoms. The first-order valence-electron chi connectivity index (χ1n) is 6.14. The van der Waals surface area contributed by atoms with Crippen LogP contribution in [-0.4, -0.2) is 49.7 Å². The SMILES string of the molecule is CN[C@H]1[C@@H](CNC(C)=O)[C@H](C(=O)OC)C[C@@H]1C(=O)O. The Hall–Kier alpha value is -1.63. The lowest BCUT2D eigenvalue weighted by molar-refractivity contribution is -0.147. The van der Waals surface area contributed by atoms with Gasteiger partial charge in [0.25, 0.3) is 0 Å². The standard InChI is InChI=1S/C12H20N2O5/c1-6(15)14-5-9-7(12(18)19-3)4-8(11(16)17)10(9)13-2/h7-10,13H,4-5H2,1-3H3,(H,14,15)(H,16,17)/t7-,8+,9+,10-/m1/s1. The summed E-state index contributed by atoms with van der Waals surface area (Å²) in [5.41, 5.74) is 0. The second-order valence-electron chi connectivity index (χ2n) is 4.73. The molecular formula is C12H20N2O5. The van der Waals surface area contributed by atoms with Crippen LogP contribution >= 0.6 is 0 Å². The maximum absolute atomic E-state index is 11.7. The molecule has 0 aromatic heterocycles. The average Bonchev–Trinajstić information content (AvgIpc) is 2.73. The zero-order valence-electron chi connectivity index (χ0n) is 11.3. The number of nitrogens with one attached hydrogen (secondary N) is 2. The van der Waals surface area contributed by atoms with Crippen LogP contribution in [-0.2, 0) is 19.1 Å². The van der Waals surface area contributed by atoms with Crippen LogP contribution in [0.15, 0.2) is 0 Å². The minimum absolute atomic E-state index is 0.211. The molecule has 108 valence electrons. The Morgan fingerprint density at radius 2 is 1.95 bits per heavy atom. The number of amides is 1. The van der Waals surface area contributed by atoms with Gasteiger partial charge in [0.1, 0.15) is 0 Å². The number of carboxylic acid groups (broad SMARTS) is 1. The van der Waals surface area contributed by atoms with Gasteiger partial charge in [0.15, 0.2) is 0 Å². The third kappa shape index (κ3) is 3.44. The second-order valence-corrected chi connectivity index (χ2v) is 4.73. The number of carbonyl (C=O) groups excluding carboxylic acids is 2. The molecule has 0 unspecified atom stereocenters. The van der Waals surface area contributed by atoms with Crippen LogP contribution in [0.1, 0.15) is 13.3 Å². The zero-order chi connectivity index (χ0) is 14.6. The van der Waals surface area contributed by atoms with E-state index in [1.54, 1.807) is 7.05 Å². The van der Waals surface area contributed by atoms with E-state index in [2.05, 4.69) is 10.6 Å². The van der Waals surface area contributed by atoms with Crippen molar-refractivity contribution in [3.05, 3.63) is 0 Å². The Kier molecular flexibility index (Phi) is 5.29. The van der Waals surface area contributed by atoms with Crippen LogP contribution in [0.5, 0.6) is 0 Å². The Morgan fingerprint density at radius 3 is 2.37 bits per heavy atom. The summed E-state index contributed by atoms with van der Waals surface area (Å²) in [7, 11) is 2.93. The maximum Gasteiger partial charge on any atom is 0.309 e. The average molecular weight is 272 g/mol. The molecule has 19 heavy (non-hydrogen) atoms. The van der Waals surface area contributed by atoms with Crippen molar-refractivity contribution < 1.29 is 24.2 Å². The third-order valence-corrected chi connectivity index (χ3v) is 3.66. The van der Waals surface area contributed by atoms with Gasteiger partial charge in [0.2, 0.25) is 5.91 Å². The van der Waals surface area contributed by atoms with E-state index in [1.165, 1.54) is 14.0 Å². The Balaban J connectivity index is 2.91. The van der Waals surface area contributed by atoms with E-state index in [1.807, 2.05) is 0 Å². The van der Waals surface area contributed by atoms with E-state index < -0.39 is 23.8 Å². The largest absolute Gasteiger partial charge is 0.481 e. The van der Waals surface area contributed by atoms with E-state index in [0.717, 1.165) is 0 Å². The Bertz CT molecular complexity index is 371. The molecule has 1 aliphatic carbocycles. The highest BCUT2D eigenvalue weighted by Gasteiger charge is 2.49. The molecule has 0 aromatic rings. The summed E-state index contributed by atoms with van der Waals surface area (Å²) in [6.45, 7) is 1.63. The highest BCUT2D eigenvalue weighted by atomic mass is 16.5. The number of methoxy groups -OCH3 is 1. The van der Waals surface area contributed by atoms with Crippen molar-refractivity contribution in [2.75, 3.05) is 20.7 Å². The molecule has 1 amide bonds. The van der Waals surface area contributed by atoms with Gasteiger partial charge in [-0.2, -0.15) is 0 Å². The zero-order valence-corrected chi connectivity index (χ0v) is 11.3. The van der Waals surface area contributed by atoms with Crippen LogP contribution in [0.25, 0.3) is 0 Å². The number of hydrogen-bond donors (Lipinski definition) is 3. The van der Waals surface area contributed by atoms with Crippen molar-refractivity contribution in [1.29, 1.82) is 0 Å². The maximum atomic E-state index is 11.7. The predicted octanol–water partition coefficient (Wildman–Crippen LogP) is -0.780. The van der Waals surface area contributed by atoms with Gasteiger partial charge >= 0.3 is 11.9 Å². The summed E-state index contributed by atoms with van der Waals surface area (Å²) < 4.78 is 4.72. The fraction of sp³-hybridized carbons (Fsp3) is 0.750. The van der Waals surface area contributed by atoms with Crippen molar-refractivity contribution in [2.45, 2.75) is 19.4 Å². The quantitative estimate of drug-likeness (QED) is 0.567. The molecule has 0 heterocycles. The summed E-state index contributed by atoms with van der Waals surface area (Å²) in [6.07, 6.45) is 0.220. The molecule has 0 radical (unpaired) electrons. The van der Waals surface area contributed by atoms with Crippen molar-refractivity contribution in [1.82, 2.24) is 10.6 Å². The Morgan fingerprint density at radius 1 is 1.32 bits per heavy atom. The van der Waals surface area contributed by atoms with Crippen molar-refractivity contribution in [3.63, 3.8) is 0 Å². The normalized spacial score (nSPS) is 29.8. The number of esters is 1. The number of carboxylic acids is 1. The van der Waals surface area contributed by atoms with E-state index in [9.17, 15) is 19.5 Å². The summed E-state index contributed by atoms with van der Waals surface area (Å²) in [4.78, 5) is 34.0. The summed E-state index contributed by atoms with van der Waals surface area (Å²) in [5, 5.41) is 14.8. The molecule has 3 N–H and O–H groups in total. The van der Waals surface area contributed by atoms with Crippen molar-refractivity contribution in [2.24, 2.45) is 17.8 Å². The molecule has 1 saturated carbocycles. The van der Waals surface area contributed by atoms with Crippen molar-refractivity contribution in [3.8, 4) is 0 Å². The van der Waals surface area contributed by atoms with E-state index in [-0.39, 0.29) is 30.8 Å². The molecule has 7 heteroatoms. The lowest BCUT2D eigenvalue weighted by atomic mass is 9.93. The van der Waals surface area contributed by atoms with Crippen LogP contribution in [0.2, 0.25) is 0 Å². The summed E-state index contributed by atoms with van der Waals surface area (Å²) in [5.74, 6) is -3.05. The fourth-order valence-corrected chi connectivity index (χ4v) is 2.77. The number of ether oxygens (including phenoxy) is 1. The number of carbonyl (C=O) groups is 3. The van der Waals surface area contributed by atoms with E-state index >= 15 is 0 Å². The van der Waals surface area contributed by atoms with Gasteiger partial charge in [-0.15, -0.1) is 0 Å². The summed E-state index contributed by atoms with van der Waals surface area (Å²) >= 11 is 0. The minimum atomic E-state index is -0.946. The number of aliphatic carboxylic acids is 1. The molecule has 0 saturated heterocycles. The molecule has 0 spiro atoms. The molecular weight excluding hydrogens is 252 g/mol. The first-order valence-corrected chi connectivity index (χ1v) is 6.14. The van der Waals surface area contributed by atoms with Gasteiger partial charge in [0, 0.05) is 25.4 Å². The monoisotopic (exact) mass is 272 g/mol. The van der Waals surface area contributed by atoms with Gasteiger partial charge in [-0.25, -0.2) is 0 Å². The number of rotatable bonds is 5. The van der Waals surface area contributed by atoms with Crippen molar-refractivity contribution >= 4 is 17.8 Å². The predicted molar refractivity (Wildman–Crippen MR) is 66.3 cm³/mol. The first kappa shape index (κ1) is 15.4. The number of hydrogen-bond acceptors (Lipinski definition) is 5. The topological polar surface area (TPSA) is 105 Å². The molecule has 1 aliphatic rings. The van der Waals surface area contributed by atoms with Crippen LogP contribution in [0, 0.1) is 17.8 Å². The minimum Gasteiger partial charge on any atom is -0.481 e. The molecule has 0 aromatic carbocycles. The van der Waals surface area contributed by atoms with Gasteiger partial charge < -0.3 is 20.5 Å². The third-order valence-electron chi connectivity index (χ3n) is 3.66. The first-order chi connectivity index (χ1) is 8.92. The smallest absolute Gasteiger partial charge is 0.309 e. The van der Waals surface area contributed by atoms with E-state index in [4.69, 9.17) is 4.74 Å². The summed E-state index contributed by atoms with van der Waals surface area (Å²) in [6, 6.07) is -0.367. The highest BCUT2D eigenvalue weighted by Crippen LogP contribution is 2.37. The molecule has 7 nitrogen and oxygen atoms in total. The molecule has 1 fully saturated rings. The Labute approximate surface area is 111 Å². The highest BCUT2D eigenvalue weighted by molar-refractivity contribution is 5.78. The van der Waals surface area contributed by atoms with Gasteiger partial charge in [0.05, 0.1) is 18.9 Å². The molecule has 1 rings (SSSR count). The molecule has 0 aliphatic heterocycles.